The maximum atomic E-state index is 11.6. The van der Waals surface area contributed by atoms with Gasteiger partial charge < -0.3 is 4.74 Å². The number of ether oxygens (including phenoxy) is 1. The van der Waals surface area contributed by atoms with Crippen molar-refractivity contribution in [2.24, 2.45) is 34.0 Å². The molecule has 2 heteroatoms. The number of allylic oxidation sites excluding steroid dienone is 1. The molecule has 6 atom stereocenters. The zero-order chi connectivity index (χ0) is 17.3. The van der Waals surface area contributed by atoms with Gasteiger partial charge in [0.05, 0.1) is 0 Å². The summed E-state index contributed by atoms with van der Waals surface area (Å²) < 4.78 is 5.79. The molecule has 0 aromatic heterocycles. The summed E-state index contributed by atoms with van der Waals surface area (Å²) in [6.07, 6.45) is 10.3. The highest BCUT2D eigenvalue weighted by molar-refractivity contribution is 5.66. The summed E-state index contributed by atoms with van der Waals surface area (Å²) in [5.74, 6) is 2.23. The summed E-state index contributed by atoms with van der Waals surface area (Å²) in [6.45, 7) is 13.4. The molecule has 0 heterocycles. The highest BCUT2D eigenvalue weighted by Crippen LogP contribution is 2.74. The second kappa shape index (κ2) is 5.11. The highest BCUT2D eigenvalue weighted by atomic mass is 16.5. The topological polar surface area (TPSA) is 26.3 Å². The van der Waals surface area contributed by atoms with E-state index in [4.69, 9.17) is 4.74 Å². The van der Waals surface area contributed by atoms with E-state index < -0.39 is 0 Å². The van der Waals surface area contributed by atoms with E-state index in [0.717, 1.165) is 30.6 Å². The molecule has 1 spiro atoms. The van der Waals surface area contributed by atoms with Crippen molar-refractivity contribution in [1.82, 2.24) is 0 Å². The molecule has 4 rings (SSSR count). The Hall–Kier alpha value is -0.790. The van der Waals surface area contributed by atoms with Gasteiger partial charge in [-0.05, 0) is 85.4 Å². The Bertz CT molecular complexity index is 577. The second-order valence-electron chi connectivity index (χ2n) is 10.3. The molecule has 0 aromatic carbocycles. The average molecular weight is 331 g/mol. The van der Waals surface area contributed by atoms with E-state index in [1.165, 1.54) is 44.1 Å². The van der Waals surface area contributed by atoms with Crippen molar-refractivity contribution >= 4 is 5.97 Å². The Balaban J connectivity index is 1.74. The van der Waals surface area contributed by atoms with Crippen LogP contribution >= 0.6 is 0 Å². The van der Waals surface area contributed by atoms with Crippen LogP contribution in [0, 0.1) is 34.0 Å². The van der Waals surface area contributed by atoms with Gasteiger partial charge in [0.1, 0.15) is 6.10 Å². The van der Waals surface area contributed by atoms with Gasteiger partial charge in [0.25, 0.3) is 0 Å². The molecular formula is C22H34O2. The fourth-order valence-corrected chi connectivity index (χ4v) is 8.06. The molecule has 4 aliphatic rings. The van der Waals surface area contributed by atoms with Crippen LogP contribution in [0.4, 0.5) is 0 Å². The average Bonchev–Trinajstić information content (AvgIpc) is 2.83. The number of carbonyl (C=O) groups excluding carboxylic acids is 1. The lowest BCUT2D eigenvalue weighted by atomic mass is 9.38. The first-order valence-corrected chi connectivity index (χ1v) is 10.0. The lowest BCUT2D eigenvalue weighted by Crippen LogP contribution is -2.61. The van der Waals surface area contributed by atoms with Gasteiger partial charge in [0, 0.05) is 6.92 Å². The van der Waals surface area contributed by atoms with Crippen LogP contribution in [0.1, 0.15) is 79.1 Å². The van der Waals surface area contributed by atoms with Gasteiger partial charge in [-0.25, -0.2) is 0 Å². The van der Waals surface area contributed by atoms with Crippen molar-refractivity contribution in [2.45, 2.75) is 85.2 Å². The Morgan fingerprint density at radius 2 is 1.88 bits per heavy atom. The maximum Gasteiger partial charge on any atom is 0.302 e. The van der Waals surface area contributed by atoms with Gasteiger partial charge >= 0.3 is 5.97 Å². The summed E-state index contributed by atoms with van der Waals surface area (Å²) >= 11 is 0. The normalized spacial score (nSPS) is 49.2. The van der Waals surface area contributed by atoms with Crippen molar-refractivity contribution in [3.05, 3.63) is 12.2 Å². The molecule has 0 N–H and O–H groups in total. The minimum absolute atomic E-state index is 0.107. The molecule has 4 saturated carbocycles. The van der Waals surface area contributed by atoms with Gasteiger partial charge in [0.2, 0.25) is 0 Å². The summed E-state index contributed by atoms with van der Waals surface area (Å²) in [5.41, 5.74) is 2.58. The monoisotopic (exact) mass is 330 g/mol. The first-order valence-electron chi connectivity index (χ1n) is 10.0. The number of hydrogen-bond acceptors (Lipinski definition) is 2. The second-order valence-corrected chi connectivity index (χ2v) is 10.3. The number of carbonyl (C=O) groups is 1. The Morgan fingerprint density at radius 3 is 2.58 bits per heavy atom. The van der Waals surface area contributed by atoms with Crippen LogP contribution in [0.5, 0.6) is 0 Å². The van der Waals surface area contributed by atoms with Gasteiger partial charge in [-0.1, -0.05) is 32.9 Å². The third kappa shape index (κ3) is 2.10. The highest BCUT2D eigenvalue weighted by Gasteiger charge is 2.67. The Labute approximate surface area is 147 Å². The SMILES string of the molecule is C=C1C[C@@H]2CC[C@H]3C(C)(C)CC(OC(C)=O)C[C@]3(C)[C@]23CC[C@H]1C3. The lowest BCUT2D eigenvalue weighted by molar-refractivity contribution is -0.199. The zero-order valence-corrected chi connectivity index (χ0v) is 16.0. The van der Waals surface area contributed by atoms with Gasteiger partial charge in [-0.3, -0.25) is 4.79 Å². The fourth-order valence-electron chi connectivity index (χ4n) is 8.06. The number of esters is 1. The minimum atomic E-state index is -0.107. The standard InChI is InChI=1S/C22H34O2/c1-14-10-17-6-7-19-20(3,4)12-18(24-15(2)23)13-21(19,5)22(17)9-8-16(14)11-22/h16-19H,1,6-13H2,2-5H3/t16-,17-,18?,19-,21-,22-/m0/s1. The Kier molecular flexibility index (Phi) is 3.55. The molecule has 2 bridgehead atoms. The molecular weight excluding hydrogens is 296 g/mol. The molecule has 0 aliphatic heterocycles. The molecule has 1 unspecified atom stereocenters. The van der Waals surface area contributed by atoms with E-state index in [9.17, 15) is 4.79 Å². The molecule has 4 fully saturated rings. The van der Waals surface area contributed by atoms with Gasteiger partial charge in [0.15, 0.2) is 0 Å². The molecule has 0 radical (unpaired) electrons. The first kappa shape index (κ1) is 16.7. The van der Waals surface area contributed by atoms with Crippen LogP contribution < -0.4 is 0 Å². The van der Waals surface area contributed by atoms with Crippen LogP contribution in [-0.2, 0) is 9.53 Å². The molecule has 4 aliphatic carbocycles. The van der Waals surface area contributed by atoms with Crippen molar-refractivity contribution in [3.63, 3.8) is 0 Å². The van der Waals surface area contributed by atoms with E-state index >= 15 is 0 Å². The van der Waals surface area contributed by atoms with Gasteiger partial charge in [-0.2, -0.15) is 0 Å². The third-order valence-corrected chi connectivity index (χ3v) is 8.81. The molecule has 0 aromatic rings. The van der Waals surface area contributed by atoms with E-state index in [1.807, 2.05) is 0 Å². The van der Waals surface area contributed by atoms with Crippen molar-refractivity contribution in [2.75, 3.05) is 0 Å². The van der Waals surface area contributed by atoms with Crippen LogP contribution in [0.3, 0.4) is 0 Å². The Morgan fingerprint density at radius 1 is 1.12 bits per heavy atom. The van der Waals surface area contributed by atoms with Crippen molar-refractivity contribution in [3.8, 4) is 0 Å². The maximum absolute atomic E-state index is 11.6. The molecule has 134 valence electrons. The van der Waals surface area contributed by atoms with Crippen LogP contribution in [0.2, 0.25) is 0 Å². The van der Waals surface area contributed by atoms with E-state index in [1.54, 1.807) is 6.92 Å². The fraction of sp³-hybridized carbons (Fsp3) is 0.864. The largest absolute Gasteiger partial charge is 0.463 e. The predicted octanol–water partition coefficient (Wildman–Crippen LogP) is 5.52. The smallest absolute Gasteiger partial charge is 0.302 e. The van der Waals surface area contributed by atoms with Crippen molar-refractivity contribution < 1.29 is 9.53 Å². The summed E-state index contributed by atoms with van der Waals surface area (Å²) in [4.78, 5) is 11.6. The zero-order valence-electron chi connectivity index (χ0n) is 16.0. The van der Waals surface area contributed by atoms with Gasteiger partial charge in [-0.15, -0.1) is 0 Å². The van der Waals surface area contributed by atoms with Crippen molar-refractivity contribution in [1.29, 1.82) is 0 Å². The van der Waals surface area contributed by atoms with E-state index in [2.05, 4.69) is 27.4 Å². The third-order valence-electron chi connectivity index (χ3n) is 8.81. The molecule has 0 saturated heterocycles. The number of fused-ring (bicyclic) bond motifs is 2. The summed E-state index contributed by atoms with van der Waals surface area (Å²) in [5, 5.41) is 0. The number of rotatable bonds is 1. The van der Waals surface area contributed by atoms with Crippen LogP contribution in [0.15, 0.2) is 12.2 Å². The minimum Gasteiger partial charge on any atom is -0.463 e. The summed E-state index contributed by atoms with van der Waals surface area (Å²) in [7, 11) is 0. The summed E-state index contributed by atoms with van der Waals surface area (Å²) in [6, 6.07) is 0. The van der Waals surface area contributed by atoms with E-state index in [0.29, 0.717) is 10.8 Å². The quantitative estimate of drug-likeness (QED) is 0.467. The lowest BCUT2D eigenvalue weighted by Gasteiger charge is -2.67. The van der Waals surface area contributed by atoms with E-state index in [-0.39, 0.29) is 17.5 Å². The molecule has 0 amide bonds. The molecule has 2 nitrogen and oxygen atoms in total. The first-order chi connectivity index (χ1) is 11.2. The molecule has 24 heavy (non-hydrogen) atoms. The number of hydrogen-bond donors (Lipinski definition) is 0. The van der Waals surface area contributed by atoms with Crippen LogP contribution in [-0.4, -0.2) is 12.1 Å². The predicted molar refractivity (Wildman–Crippen MR) is 96.4 cm³/mol. The van der Waals surface area contributed by atoms with Crippen LogP contribution in [0.25, 0.3) is 0 Å².